The molecule has 2 rings (SSSR count). The highest BCUT2D eigenvalue weighted by atomic mass is 16.6. The van der Waals surface area contributed by atoms with E-state index < -0.39 is 6.04 Å². The summed E-state index contributed by atoms with van der Waals surface area (Å²) < 4.78 is 10.3. The number of ether oxygens (including phenoxy) is 2. The van der Waals surface area contributed by atoms with E-state index >= 15 is 0 Å². The molecule has 1 aliphatic rings. The van der Waals surface area contributed by atoms with Crippen LogP contribution >= 0.6 is 0 Å². The highest BCUT2D eigenvalue weighted by Crippen LogP contribution is 2.08. The molecule has 26 heavy (non-hydrogen) atoms. The van der Waals surface area contributed by atoms with E-state index in [9.17, 15) is 14.4 Å². The molecule has 1 heterocycles. The number of rotatable bonds is 6. The Morgan fingerprint density at radius 1 is 1.08 bits per heavy atom. The number of benzene rings is 1. The summed E-state index contributed by atoms with van der Waals surface area (Å²) in [5.41, 5.74) is 0. The van der Waals surface area contributed by atoms with Crippen LogP contribution in [0.3, 0.4) is 0 Å². The van der Waals surface area contributed by atoms with Crippen LogP contribution in [-0.2, 0) is 14.3 Å². The number of hydrogen-bond donors (Lipinski definition) is 1. The van der Waals surface area contributed by atoms with Gasteiger partial charge in [-0.15, -0.1) is 0 Å². The van der Waals surface area contributed by atoms with Crippen LogP contribution in [0.4, 0.5) is 4.79 Å². The van der Waals surface area contributed by atoms with Gasteiger partial charge in [-0.25, -0.2) is 4.79 Å². The summed E-state index contributed by atoms with van der Waals surface area (Å²) in [6.07, 6.45) is -0.362. The Morgan fingerprint density at radius 2 is 1.69 bits per heavy atom. The van der Waals surface area contributed by atoms with Crippen LogP contribution in [0.25, 0.3) is 0 Å². The number of para-hydroxylation sites is 1. The van der Waals surface area contributed by atoms with Gasteiger partial charge in [0.2, 0.25) is 5.91 Å². The number of nitrogens with zero attached hydrogens (tertiary/aromatic N) is 2. The van der Waals surface area contributed by atoms with E-state index in [1.165, 1.54) is 0 Å². The lowest BCUT2D eigenvalue weighted by atomic mass is 10.2. The molecule has 0 radical (unpaired) electrons. The topological polar surface area (TPSA) is 88.2 Å². The summed E-state index contributed by atoms with van der Waals surface area (Å²) in [6, 6.07) is 8.34. The fraction of sp³-hybridized carbons (Fsp3) is 0.500. The zero-order valence-electron chi connectivity index (χ0n) is 15.1. The number of nitrogens with one attached hydrogen (secondary N) is 1. The largest absolute Gasteiger partial charge is 0.484 e. The molecule has 0 unspecified atom stereocenters. The van der Waals surface area contributed by atoms with Gasteiger partial charge in [0.15, 0.2) is 6.61 Å². The number of amides is 3. The number of piperazine rings is 1. The first kappa shape index (κ1) is 19.6. The minimum absolute atomic E-state index is 0.154. The molecule has 1 aliphatic heterocycles. The van der Waals surface area contributed by atoms with E-state index in [1.54, 1.807) is 35.8 Å². The fourth-order valence-corrected chi connectivity index (χ4v) is 2.61. The molecular weight excluding hydrogens is 338 g/mol. The maximum Gasteiger partial charge on any atom is 0.409 e. The minimum Gasteiger partial charge on any atom is -0.484 e. The molecule has 1 N–H and O–H groups in total. The Kier molecular flexibility index (Phi) is 7.25. The van der Waals surface area contributed by atoms with E-state index in [2.05, 4.69) is 5.32 Å². The van der Waals surface area contributed by atoms with Crippen LogP contribution in [0.2, 0.25) is 0 Å². The summed E-state index contributed by atoms with van der Waals surface area (Å²) in [5.74, 6) is 0.0538. The molecule has 1 atom stereocenters. The number of carbonyl (C=O) groups is 3. The van der Waals surface area contributed by atoms with Gasteiger partial charge in [-0.3, -0.25) is 9.59 Å². The zero-order valence-corrected chi connectivity index (χ0v) is 15.1. The predicted molar refractivity (Wildman–Crippen MR) is 94.7 cm³/mol. The lowest BCUT2D eigenvalue weighted by molar-refractivity contribution is -0.137. The molecule has 8 nitrogen and oxygen atoms in total. The average molecular weight is 363 g/mol. The first-order valence-corrected chi connectivity index (χ1v) is 8.69. The quantitative estimate of drug-likeness (QED) is 0.810. The van der Waals surface area contributed by atoms with Crippen molar-refractivity contribution in [2.75, 3.05) is 39.4 Å². The second-order valence-electron chi connectivity index (χ2n) is 5.90. The van der Waals surface area contributed by atoms with Crippen LogP contribution < -0.4 is 10.1 Å². The third kappa shape index (κ3) is 5.65. The summed E-state index contributed by atoms with van der Waals surface area (Å²) in [7, 11) is 0. The van der Waals surface area contributed by atoms with E-state index in [0.29, 0.717) is 38.5 Å². The average Bonchev–Trinajstić information content (AvgIpc) is 2.67. The third-order valence-electron chi connectivity index (χ3n) is 3.98. The predicted octanol–water partition coefficient (Wildman–Crippen LogP) is 0.871. The van der Waals surface area contributed by atoms with Gasteiger partial charge in [0.1, 0.15) is 11.8 Å². The van der Waals surface area contributed by atoms with Gasteiger partial charge in [0, 0.05) is 26.2 Å². The van der Waals surface area contributed by atoms with E-state index in [4.69, 9.17) is 9.47 Å². The molecule has 0 aromatic heterocycles. The lowest BCUT2D eigenvalue weighted by Gasteiger charge is -2.35. The van der Waals surface area contributed by atoms with Crippen molar-refractivity contribution in [1.29, 1.82) is 0 Å². The summed E-state index contributed by atoms with van der Waals surface area (Å²) in [4.78, 5) is 39.3. The molecule has 1 aromatic carbocycles. The van der Waals surface area contributed by atoms with E-state index in [1.807, 2.05) is 18.2 Å². The Bertz CT molecular complexity index is 615. The van der Waals surface area contributed by atoms with E-state index in [-0.39, 0.29) is 24.5 Å². The molecule has 8 heteroatoms. The smallest absolute Gasteiger partial charge is 0.409 e. The first-order valence-electron chi connectivity index (χ1n) is 8.69. The van der Waals surface area contributed by atoms with Crippen LogP contribution in [0.1, 0.15) is 13.8 Å². The van der Waals surface area contributed by atoms with Crippen molar-refractivity contribution in [3.8, 4) is 5.75 Å². The standard InChI is InChI=1S/C18H25N3O5/c1-3-25-18(24)21-11-9-20(10-12-21)17(23)14(2)19-16(22)13-26-15-7-5-4-6-8-15/h4-8,14H,3,9-13H2,1-2H3,(H,19,22)/t14-/m1/s1. The van der Waals surface area contributed by atoms with Gasteiger partial charge in [0.05, 0.1) is 6.61 Å². The highest BCUT2D eigenvalue weighted by Gasteiger charge is 2.28. The van der Waals surface area contributed by atoms with Crippen molar-refractivity contribution >= 4 is 17.9 Å². The maximum atomic E-state index is 12.4. The molecule has 1 aromatic rings. The number of carbonyl (C=O) groups excluding carboxylic acids is 3. The van der Waals surface area contributed by atoms with E-state index in [0.717, 1.165) is 0 Å². The second-order valence-corrected chi connectivity index (χ2v) is 5.90. The Labute approximate surface area is 153 Å². The van der Waals surface area contributed by atoms with Crippen LogP contribution in [-0.4, -0.2) is 73.1 Å². The van der Waals surface area contributed by atoms with Crippen molar-refractivity contribution in [3.63, 3.8) is 0 Å². The van der Waals surface area contributed by atoms with Gasteiger partial charge in [-0.05, 0) is 26.0 Å². The lowest BCUT2D eigenvalue weighted by Crippen LogP contribution is -2.55. The van der Waals surface area contributed by atoms with Gasteiger partial charge >= 0.3 is 6.09 Å². The van der Waals surface area contributed by atoms with Gasteiger partial charge < -0.3 is 24.6 Å². The van der Waals surface area contributed by atoms with Crippen molar-refractivity contribution in [3.05, 3.63) is 30.3 Å². The van der Waals surface area contributed by atoms with Crippen molar-refractivity contribution < 1.29 is 23.9 Å². The molecule has 0 aliphatic carbocycles. The molecule has 3 amide bonds. The molecule has 1 saturated heterocycles. The SMILES string of the molecule is CCOC(=O)N1CCN(C(=O)[C@@H](C)NC(=O)COc2ccccc2)CC1. The maximum absolute atomic E-state index is 12.4. The molecule has 1 fully saturated rings. The molecule has 0 spiro atoms. The van der Waals surface area contributed by atoms with Crippen molar-refractivity contribution in [1.82, 2.24) is 15.1 Å². The van der Waals surface area contributed by atoms with Gasteiger partial charge in [-0.1, -0.05) is 18.2 Å². The zero-order chi connectivity index (χ0) is 18.9. The summed E-state index contributed by atoms with van der Waals surface area (Å²) in [5, 5.41) is 2.64. The third-order valence-corrected chi connectivity index (χ3v) is 3.98. The van der Waals surface area contributed by atoms with Crippen molar-refractivity contribution in [2.24, 2.45) is 0 Å². The minimum atomic E-state index is -0.656. The summed E-state index contributed by atoms with van der Waals surface area (Å²) in [6.45, 7) is 5.23. The fourth-order valence-electron chi connectivity index (χ4n) is 2.61. The number of hydrogen-bond acceptors (Lipinski definition) is 5. The second kappa shape index (κ2) is 9.65. The Hall–Kier alpha value is -2.77. The normalized spacial score (nSPS) is 15.2. The van der Waals surface area contributed by atoms with Crippen LogP contribution in [0.15, 0.2) is 30.3 Å². The monoisotopic (exact) mass is 363 g/mol. The first-order chi connectivity index (χ1) is 12.5. The Balaban J connectivity index is 1.73. The van der Waals surface area contributed by atoms with Crippen LogP contribution in [0.5, 0.6) is 5.75 Å². The van der Waals surface area contributed by atoms with Gasteiger partial charge in [-0.2, -0.15) is 0 Å². The highest BCUT2D eigenvalue weighted by molar-refractivity contribution is 5.88. The molecular formula is C18H25N3O5. The van der Waals surface area contributed by atoms with Gasteiger partial charge in [0.25, 0.3) is 5.91 Å². The van der Waals surface area contributed by atoms with Crippen molar-refractivity contribution in [2.45, 2.75) is 19.9 Å². The summed E-state index contributed by atoms with van der Waals surface area (Å²) >= 11 is 0. The Morgan fingerprint density at radius 3 is 2.31 bits per heavy atom. The molecule has 142 valence electrons. The van der Waals surface area contributed by atoms with Crippen LogP contribution in [0, 0.1) is 0 Å². The molecule has 0 saturated carbocycles. The molecule has 0 bridgehead atoms.